The molecule has 414 valence electrons. The van der Waals surface area contributed by atoms with Gasteiger partial charge in [0.25, 0.3) is 5.91 Å². The molecular weight excluding hydrogens is 967 g/mol. The van der Waals surface area contributed by atoms with E-state index in [1.54, 1.807) is 5.57 Å². The molecule has 7 unspecified atom stereocenters. The average molecular weight is 1050 g/mol. The number of nitrogens with one attached hydrogen (secondary N) is 4. The second-order valence-corrected chi connectivity index (χ2v) is 23.8. The molecule has 3 saturated carbocycles. The number of amides is 3. The number of hydrogen-bond acceptors (Lipinski definition) is 8. The molecule has 6 aliphatic rings. The third-order valence-corrected chi connectivity index (χ3v) is 19.1. The quantitative estimate of drug-likeness (QED) is 0.0416. The number of fused-ring (bicyclic) bond motifs is 7. The highest BCUT2D eigenvalue weighted by molar-refractivity contribution is 6.04. The van der Waals surface area contributed by atoms with Crippen LogP contribution in [0.4, 0.5) is 8.78 Å². The van der Waals surface area contributed by atoms with E-state index in [1.165, 1.54) is 121 Å². The maximum atomic E-state index is 14.7. The minimum absolute atomic E-state index is 0.0158. The molecule has 1 heterocycles. The number of carboxylic acids is 1. The van der Waals surface area contributed by atoms with Crippen molar-refractivity contribution >= 4 is 29.5 Å². The Morgan fingerprint density at radius 3 is 2.25 bits per heavy atom. The fraction of sp³-hybridized carbons (Fsp3) is 0.629. The van der Waals surface area contributed by atoms with Crippen LogP contribution < -0.4 is 26.0 Å². The molecule has 3 fully saturated rings. The van der Waals surface area contributed by atoms with Gasteiger partial charge in [0.2, 0.25) is 17.6 Å². The zero-order valence-electron chi connectivity index (χ0n) is 45.5. The van der Waals surface area contributed by atoms with Crippen LogP contribution in [0.1, 0.15) is 200 Å². The highest BCUT2D eigenvalue weighted by Crippen LogP contribution is 2.67. The van der Waals surface area contributed by atoms with Crippen molar-refractivity contribution in [2.75, 3.05) is 26.2 Å². The number of hydrogen-bond donors (Lipinski definition) is 6. The van der Waals surface area contributed by atoms with Gasteiger partial charge in [-0.15, -0.1) is 0 Å². The third-order valence-electron chi connectivity index (χ3n) is 19.1. The van der Waals surface area contributed by atoms with Crippen molar-refractivity contribution in [3.63, 3.8) is 0 Å². The molecule has 0 spiro atoms. The predicted molar refractivity (Wildman–Crippen MR) is 290 cm³/mol. The number of rotatable bonds is 25. The predicted octanol–water partition coefficient (Wildman–Crippen LogP) is 11.9. The molecule has 3 amide bonds. The molecular formula is C62H84F2N4O8. The second-order valence-electron chi connectivity index (χ2n) is 23.8. The average Bonchev–Trinajstić information content (AvgIpc) is 3.89. The maximum absolute atomic E-state index is 14.7. The Balaban J connectivity index is 0.711. The summed E-state index contributed by atoms with van der Waals surface area (Å²) in [5.74, 6) is -4.37. The van der Waals surface area contributed by atoms with E-state index in [4.69, 9.17) is 4.74 Å². The van der Waals surface area contributed by atoms with Crippen molar-refractivity contribution in [2.24, 2.45) is 46.3 Å². The van der Waals surface area contributed by atoms with Crippen LogP contribution in [0, 0.1) is 52.2 Å². The molecule has 0 radical (unpaired) electrons. The third kappa shape index (κ3) is 12.8. The number of ketones is 1. The van der Waals surface area contributed by atoms with Gasteiger partial charge < -0.3 is 36.2 Å². The van der Waals surface area contributed by atoms with Crippen LogP contribution in [0.5, 0.6) is 11.5 Å². The van der Waals surface area contributed by atoms with Crippen LogP contribution in [0.3, 0.4) is 0 Å². The van der Waals surface area contributed by atoms with Crippen molar-refractivity contribution in [2.45, 2.75) is 174 Å². The van der Waals surface area contributed by atoms with Crippen LogP contribution in [-0.4, -0.2) is 71.9 Å². The van der Waals surface area contributed by atoms with Gasteiger partial charge in [0, 0.05) is 73.6 Å². The number of phenols is 1. The molecule has 8 rings (SSSR count). The Morgan fingerprint density at radius 1 is 0.803 bits per heavy atom. The first-order valence-corrected chi connectivity index (χ1v) is 29.0. The number of aromatic carboxylic acids is 1. The topological polar surface area (TPSA) is 183 Å². The molecule has 10 atom stereocenters. The monoisotopic (exact) mass is 1050 g/mol. The van der Waals surface area contributed by atoms with Gasteiger partial charge in [-0.25, -0.2) is 13.6 Å². The second kappa shape index (κ2) is 25.4. The minimum atomic E-state index is -1.42. The Labute approximate surface area is 449 Å². The molecule has 14 heteroatoms. The zero-order chi connectivity index (χ0) is 54.1. The van der Waals surface area contributed by atoms with Gasteiger partial charge in [0.15, 0.2) is 17.4 Å². The summed E-state index contributed by atoms with van der Waals surface area (Å²) in [6, 6.07) is 6.26. The number of carbonyl (C=O) groups is 5. The molecule has 2 aromatic rings. The van der Waals surface area contributed by atoms with Crippen molar-refractivity contribution in [1.29, 1.82) is 0 Å². The summed E-state index contributed by atoms with van der Waals surface area (Å²) in [6.45, 7) is 11.6. The molecule has 0 saturated heterocycles. The first-order valence-electron chi connectivity index (χ1n) is 29.0. The summed E-state index contributed by atoms with van der Waals surface area (Å²) in [5.41, 5.74) is 2.31. The number of benzene rings is 2. The lowest BCUT2D eigenvalue weighted by atomic mass is 9.47. The first kappa shape index (κ1) is 56.8. The Kier molecular flexibility index (Phi) is 19.0. The van der Waals surface area contributed by atoms with E-state index in [0.29, 0.717) is 23.4 Å². The fourth-order valence-electron chi connectivity index (χ4n) is 15.0. The Morgan fingerprint density at radius 2 is 1.51 bits per heavy atom. The number of phenolic OH excluding ortho intramolecular Hbond substituents is 1. The first-order chi connectivity index (χ1) is 36.5. The molecule has 5 aliphatic carbocycles. The highest BCUT2D eigenvalue weighted by atomic mass is 19.1. The van der Waals surface area contributed by atoms with E-state index in [9.17, 15) is 43.0 Å². The van der Waals surface area contributed by atoms with Crippen LogP contribution >= 0.6 is 0 Å². The number of carbonyl (C=O) groups excluding carboxylic acids is 4. The van der Waals surface area contributed by atoms with E-state index in [2.05, 4.69) is 55.0 Å². The number of unbranched alkanes of at least 4 members (excludes halogenated alkanes) is 8. The van der Waals surface area contributed by atoms with Crippen LogP contribution in [0.25, 0.3) is 0 Å². The summed E-state index contributed by atoms with van der Waals surface area (Å²) in [5, 5.41) is 32.3. The molecule has 1 aliphatic heterocycles. The van der Waals surface area contributed by atoms with E-state index >= 15 is 0 Å². The molecule has 6 N–H and O–H groups in total. The zero-order valence-corrected chi connectivity index (χ0v) is 45.5. The lowest BCUT2D eigenvalue weighted by molar-refractivity contribution is -0.122. The summed E-state index contributed by atoms with van der Waals surface area (Å²) in [6.07, 6.45) is 29.9. The van der Waals surface area contributed by atoms with Crippen molar-refractivity contribution in [3.8, 4) is 11.5 Å². The maximum Gasteiger partial charge on any atom is 0.336 e. The molecule has 12 nitrogen and oxygen atoms in total. The van der Waals surface area contributed by atoms with E-state index in [-0.39, 0.29) is 71.5 Å². The number of aromatic hydroxyl groups is 1. The Bertz CT molecular complexity index is 2560. The number of carboxylic acid groups (broad SMARTS) is 1. The van der Waals surface area contributed by atoms with E-state index in [1.807, 2.05) is 0 Å². The van der Waals surface area contributed by atoms with Gasteiger partial charge >= 0.3 is 5.97 Å². The number of halogens is 2. The summed E-state index contributed by atoms with van der Waals surface area (Å²) < 4.78 is 35.0. The molecule has 2 aromatic carbocycles. The van der Waals surface area contributed by atoms with Crippen LogP contribution in [-0.2, 0) is 14.4 Å². The summed E-state index contributed by atoms with van der Waals surface area (Å²) in [4.78, 5) is 63.1. The minimum Gasteiger partial charge on any atom is -0.505 e. The van der Waals surface area contributed by atoms with Crippen molar-refractivity contribution in [3.05, 3.63) is 93.8 Å². The van der Waals surface area contributed by atoms with Gasteiger partial charge in [0.05, 0.1) is 5.56 Å². The van der Waals surface area contributed by atoms with Gasteiger partial charge in [0.1, 0.15) is 11.5 Å². The largest absolute Gasteiger partial charge is 0.505 e. The van der Waals surface area contributed by atoms with Crippen LogP contribution in [0.2, 0.25) is 0 Å². The fourth-order valence-corrected chi connectivity index (χ4v) is 15.0. The highest BCUT2D eigenvalue weighted by Gasteiger charge is 2.59. The van der Waals surface area contributed by atoms with Gasteiger partial charge in [-0.2, -0.15) is 0 Å². The lowest BCUT2D eigenvalue weighted by Crippen LogP contribution is -2.51. The van der Waals surface area contributed by atoms with Gasteiger partial charge in [-0.05, 0) is 135 Å². The van der Waals surface area contributed by atoms with E-state index < -0.39 is 46.9 Å². The van der Waals surface area contributed by atoms with Gasteiger partial charge in [-0.1, -0.05) is 110 Å². The smallest absolute Gasteiger partial charge is 0.336 e. The standard InChI is InChI=1S/C62H84F2N4O8/c1-5-6-7-8-9-10-11-12-13-15-38(2)47-20-21-48-43-19-17-40-33-41(22-26-61(40,3)49(43)23-27-62(47,48)4)65-28-14-29-66-56(71)24-30-67-57(72)25-31-68-59(73)39-16-18-42(44(32-39)60(74)75)58-45-34-50(63)52(69)36-54(45)76-55-37-53(70)51(64)35-46(55)58/h16-18,32,34-38,41,43,45,47-49,58,65,70H,5-15,19-31,33H2,1-4H3,(H,66,71)(H,67,72)(H,68,73)(H,74,75)/t38-,41+,43+,45?,47?,48?,49?,58?,61?,62?/m1/s1. The molecule has 0 aromatic heterocycles. The molecule has 0 bridgehead atoms. The van der Waals surface area contributed by atoms with Crippen LogP contribution in [0.15, 0.2) is 65.7 Å². The van der Waals surface area contributed by atoms with Crippen molar-refractivity contribution < 1.29 is 47.7 Å². The molecule has 76 heavy (non-hydrogen) atoms. The Hall–Kier alpha value is -5.37. The summed E-state index contributed by atoms with van der Waals surface area (Å²) in [7, 11) is 0. The van der Waals surface area contributed by atoms with Crippen molar-refractivity contribution in [1.82, 2.24) is 21.3 Å². The SMILES string of the molecule is CCCCCCCCCCC[C@@H](C)C1CCC2[C@@H]3CC=C4C[C@@H](NCCCNC(=O)CCNC(=O)CCNC(=O)c5ccc(C6c7cc(F)c(O)cc7OC7=CC(=O)C(F)=CC76)c(C(=O)O)c5)CCC4(C)C3CCC21C. The lowest BCUT2D eigenvalue weighted by Gasteiger charge is -2.58. The van der Waals surface area contributed by atoms with Gasteiger partial charge in [-0.3, -0.25) is 19.2 Å². The normalized spacial score (nSPS) is 27.7. The number of allylic oxidation sites excluding steroid dienone is 4. The van der Waals surface area contributed by atoms with E-state index in [0.717, 1.165) is 79.3 Å². The number of ether oxygens (including phenoxy) is 1. The summed E-state index contributed by atoms with van der Waals surface area (Å²) >= 11 is 0.